The fourth-order valence-corrected chi connectivity index (χ4v) is 5.74. The van der Waals surface area contributed by atoms with Gasteiger partial charge in [-0.05, 0) is 55.3 Å². The SMILES string of the molecule is CCn1cc2c3c(cccc31)C1=C[C@@H](CN3C(=O)c4ccccc4C3=O)CN(C)[C@@H]1C2. The number of benzene rings is 2. The Labute approximate surface area is 181 Å². The third-order valence-corrected chi connectivity index (χ3v) is 7.17. The van der Waals surface area contributed by atoms with Gasteiger partial charge in [-0.3, -0.25) is 19.4 Å². The van der Waals surface area contributed by atoms with E-state index in [2.05, 4.69) is 53.9 Å². The molecule has 1 aromatic heterocycles. The van der Waals surface area contributed by atoms with Gasteiger partial charge in [0.1, 0.15) is 0 Å². The zero-order chi connectivity index (χ0) is 21.3. The highest BCUT2D eigenvalue weighted by atomic mass is 16.2. The van der Waals surface area contributed by atoms with Crippen molar-refractivity contribution < 1.29 is 9.59 Å². The van der Waals surface area contributed by atoms with Crippen LogP contribution in [0.4, 0.5) is 0 Å². The van der Waals surface area contributed by atoms with E-state index in [-0.39, 0.29) is 17.7 Å². The van der Waals surface area contributed by atoms with Crippen molar-refractivity contribution in [3.8, 4) is 0 Å². The molecular weight excluding hydrogens is 386 g/mol. The Balaban J connectivity index is 1.38. The summed E-state index contributed by atoms with van der Waals surface area (Å²) in [6.45, 7) is 4.40. The van der Waals surface area contributed by atoms with Gasteiger partial charge in [-0.1, -0.05) is 30.3 Å². The molecule has 0 N–H and O–H groups in total. The number of amides is 2. The number of fused-ring (bicyclic) bond motifs is 3. The topological polar surface area (TPSA) is 45.6 Å². The number of carbonyl (C=O) groups is 2. The summed E-state index contributed by atoms with van der Waals surface area (Å²) in [5.74, 6) is -0.225. The average molecular weight is 412 g/mol. The molecule has 0 bridgehead atoms. The summed E-state index contributed by atoms with van der Waals surface area (Å²) in [4.78, 5) is 29.6. The molecule has 2 amide bonds. The van der Waals surface area contributed by atoms with Gasteiger partial charge in [-0.15, -0.1) is 0 Å². The fraction of sp³-hybridized carbons (Fsp3) is 0.308. The number of likely N-dealkylation sites (N-methyl/N-ethyl adjacent to an activating group) is 1. The molecule has 156 valence electrons. The van der Waals surface area contributed by atoms with Crippen molar-refractivity contribution in [3.05, 3.63) is 77.0 Å². The molecule has 2 aromatic carbocycles. The molecule has 5 heteroatoms. The highest BCUT2D eigenvalue weighted by Gasteiger charge is 2.39. The molecule has 5 nitrogen and oxygen atoms in total. The molecule has 0 unspecified atom stereocenters. The monoisotopic (exact) mass is 411 g/mol. The van der Waals surface area contributed by atoms with Crippen LogP contribution in [0.1, 0.15) is 38.8 Å². The van der Waals surface area contributed by atoms with Crippen molar-refractivity contribution in [2.75, 3.05) is 20.1 Å². The van der Waals surface area contributed by atoms with E-state index in [9.17, 15) is 9.59 Å². The smallest absolute Gasteiger partial charge is 0.261 e. The van der Waals surface area contributed by atoms with Crippen LogP contribution in [-0.4, -0.2) is 52.4 Å². The zero-order valence-corrected chi connectivity index (χ0v) is 17.8. The van der Waals surface area contributed by atoms with Gasteiger partial charge in [-0.2, -0.15) is 0 Å². The van der Waals surface area contributed by atoms with E-state index in [1.807, 2.05) is 12.1 Å². The van der Waals surface area contributed by atoms with Crippen molar-refractivity contribution in [3.63, 3.8) is 0 Å². The molecule has 2 aliphatic heterocycles. The molecule has 0 saturated heterocycles. The Morgan fingerprint density at radius 3 is 2.39 bits per heavy atom. The van der Waals surface area contributed by atoms with Gasteiger partial charge in [0.2, 0.25) is 0 Å². The summed E-state index contributed by atoms with van der Waals surface area (Å²) in [5.41, 5.74) is 6.39. The second-order valence-corrected chi connectivity index (χ2v) is 8.95. The number of hydrogen-bond donors (Lipinski definition) is 0. The molecule has 31 heavy (non-hydrogen) atoms. The summed E-state index contributed by atoms with van der Waals surface area (Å²) >= 11 is 0. The van der Waals surface area contributed by atoms with Crippen LogP contribution < -0.4 is 0 Å². The maximum absolute atomic E-state index is 12.9. The van der Waals surface area contributed by atoms with E-state index < -0.39 is 0 Å². The van der Waals surface area contributed by atoms with Crippen LogP contribution in [0.3, 0.4) is 0 Å². The predicted octanol–water partition coefficient (Wildman–Crippen LogP) is 3.83. The number of imide groups is 1. The number of carbonyl (C=O) groups excluding carboxylic acids is 2. The Kier molecular flexibility index (Phi) is 3.99. The first-order valence-corrected chi connectivity index (χ1v) is 11.0. The molecule has 0 radical (unpaired) electrons. The first-order valence-electron chi connectivity index (χ1n) is 11.0. The maximum Gasteiger partial charge on any atom is 0.261 e. The number of aromatic nitrogens is 1. The number of aryl methyl sites for hydroxylation is 1. The highest BCUT2D eigenvalue weighted by molar-refractivity contribution is 6.21. The fourth-order valence-electron chi connectivity index (χ4n) is 5.74. The lowest BCUT2D eigenvalue weighted by atomic mass is 9.80. The van der Waals surface area contributed by atoms with Gasteiger partial charge in [0.25, 0.3) is 11.8 Å². The zero-order valence-electron chi connectivity index (χ0n) is 17.8. The lowest BCUT2D eigenvalue weighted by Gasteiger charge is -2.40. The summed E-state index contributed by atoms with van der Waals surface area (Å²) < 4.78 is 2.34. The van der Waals surface area contributed by atoms with Crippen LogP contribution in [0.15, 0.2) is 54.7 Å². The second-order valence-electron chi connectivity index (χ2n) is 8.95. The van der Waals surface area contributed by atoms with Crippen molar-refractivity contribution in [1.29, 1.82) is 0 Å². The molecule has 3 heterocycles. The summed E-state index contributed by atoms with van der Waals surface area (Å²) in [7, 11) is 2.16. The van der Waals surface area contributed by atoms with E-state index in [4.69, 9.17) is 0 Å². The van der Waals surface area contributed by atoms with E-state index in [1.165, 1.54) is 32.5 Å². The van der Waals surface area contributed by atoms with E-state index in [0.29, 0.717) is 23.7 Å². The third-order valence-electron chi connectivity index (χ3n) is 7.17. The summed E-state index contributed by atoms with van der Waals surface area (Å²) in [5, 5.41) is 1.36. The van der Waals surface area contributed by atoms with Gasteiger partial charge in [0.15, 0.2) is 0 Å². The van der Waals surface area contributed by atoms with E-state index in [0.717, 1.165) is 19.5 Å². The van der Waals surface area contributed by atoms with Gasteiger partial charge in [0, 0.05) is 48.7 Å². The first kappa shape index (κ1) is 18.6. The minimum Gasteiger partial charge on any atom is -0.347 e. The average Bonchev–Trinajstić information content (AvgIpc) is 3.26. The molecular formula is C26H25N3O2. The van der Waals surface area contributed by atoms with Gasteiger partial charge in [0.05, 0.1) is 11.1 Å². The minimum absolute atomic E-state index is 0.114. The largest absolute Gasteiger partial charge is 0.347 e. The van der Waals surface area contributed by atoms with Crippen molar-refractivity contribution >= 4 is 28.3 Å². The van der Waals surface area contributed by atoms with Gasteiger partial charge in [-0.25, -0.2) is 0 Å². The number of hydrogen-bond acceptors (Lipinski definition) is 3. The molecule has 0 fully saturated rings. The molecule has 3 aromatic rings. The molecule has 1 aliphatic carbocycles. The van der Waals surface area contributed by atoms with Crippen molar-refractivity contribution in [2.45, 2.75) is 25.9 Å². The Morgan fingerprint density at radius 2 is 1.68 bits per heavy atom. The molecule has 0 saturated carbocycles. The minimum atomic E-state index is -0.170. The molecule has 2 atom stereocenters. The summed E-state index contributed by atoms with van der Waals surface area (Å²) in [6.07, 6.45) is 5.64. The van der Waals surface area contributed by atoms with Crippen LogP contribution in [0.5, 0.6) is 0 Å². The molecule has 0 spiro atoms. The summed E-state index contributed by atoms with van der Waals surface area (Å²) in [6, 6.07) is 14.0. The normalized spacial score (nSPS) is 22.6. The van der Waals surface area contributed by atoms with Crippen LogP contribution >= 0.6 is 0 Å². The van der Waals surface area contributed by atoms with Gasteiger partial charge < -0.3 is 4.57 Å². The maximum atomic E-state index is 12.9. The Bertz CT molecular complexity index is 1250. The Hall–Kier alpha value is -3.18. The van der Waals surface area contributed by atoms with E-state index >= 15 is 0 Å². The number of rotatable bonds is 3. The van der Waals surface area contributed by atoms with E-state index in [1.54, 1.807) is 12.1 Å². The van der Waals surface area contributed by atoms with Gasteiger partial charge >= 0.3 is 0 Å². The number of nitrogens with zero attached hydrogens (tertiary/aromatic N) is 3. The molecule has 6 rings (SSSR count). The Morgan fingerprint density at radius 1 is 0.968 bits per heavy atom. The standard InChI is InChI=1S/C26H25N3O2/c1-3-28-15-17-12-23-21(18-9-6-10-22(28)24(17)18)11-16(13-27(23)2)14-29-25(30)19-7-4-5-8-20(19)26(29)31/h4-11,15-16,23H,3,12-14H2,1-2H3/t16-,23-/m1/s1. The first-order chi connectivity index (χ1) is 15.1. The highest BCUT2D eigenvalue weighted by Crippen LogP contribution is 2.42. The lowest BCUT2D eigenvalue weighted by molar-refractivity contribution is 0.0626. The van der Waals surface area contributed by atoms with Crippen LogP contribution in [-0.2, 0) is 13.0 Å². The lowest BCUT2D eigenvalue weighted by Crippen LogP contribution is -2.46. The predicted molar refractivity (Wildman–Crippen MR) is 121 cm³/mol. The van der Waals surface area contributed by atoms with Crippen LogP contribution in [0, 0.1) is 5.92 Å². The van der Waals surface area contributed by atoms with Crippen LogP contribution in [0.25, 0.3) is 16.5 Å². The van der Waals surface area contributed by atoms with Crippen LogP contribution in [0.2, 0.25) is 0 Å². The third kappa shape index (κ3) is 2.59. The molecule has 3 aliphatic rings. The van der Waals surface area contributed by atoms with Crippen molar-refractivity contribution in [2.24, 2.45) is 5.92 Å². The quantitative estimate of drug-likeness (QED) is 0.616. The van der Waals surface area contributed by atoms with Crippen molar-refractivity contribution in [1.82, 2.24) is 14.4 Å². The second kappa shape index (κ2) is 6.66.